The van der Waals surface area contributed by atoms with Crippen LogP contribution in [0.1, 0.15) is 35.8 Å². The monoisotopic (exact) mass is 342 g/mol. The van der Waals surface area contributed by atoms with E-state index in [0.717, 1.165) is 16.3 Å². The zero-order chi connectivity index (χ0) is 16.4. The number of carbonyl (C=O) groups is 1. The van der Waals surface area contributed by atoms with Gasteiger partial charge >= 0.3 is 0 Å². The summed E-state index contributed by atoms with van der Waals surface area (Å²) in [5.74, 6) is 0.353. The Labute approximate surface area is 144 Å². The second kappa shape index (κ2) is 6.64. The van der Waals surface area contributed by atoms with Crippen molar-refractivity contribution in [2.24, 2.45) is 0 Å². The van der Waals surface area contributed by atoms with E-state index in [1.807, 2.05) is 34.3 Å². The van der Waals surface area contributed by atoms with Crippen molar-refractivity contribution in [2.45, 2.75) is 19.8 Å². The van der Waals surface area contributed by atoms with E-state index in [4.69, 9.17) is 0 Å². The number of nitrogens with zero attached hydrogens (tertiary/aromatic N) is 2. The van der Waals surface area contributed by atoms with Crippen LogP contribution < -0.4 is 4.90 Å². The third kappa shape index (κ3) is 3.35. The van der Waals surface area contributed by atoms with E-state index in [2.05, 4.69) is 31.0 Å². The van der Waals surface area contributed by atoms with Crippen molar-refractivity contribution >= 4 is 34.3 Å². The molecule has 0 radical (unpaired) electrons. The van der Waals surface area contributed by atoms with Crippen LogP contribution in [0.5, 0.6) is 0 Å². The van der Waals surface area contributed by atoms with Gasteiger partial charge in [0.25, 0.3) is 5.91 Å². The van der Waals surface area contributed by atoms with Crippen molar-refractivity contribution in [3.8, 4) is 10.6 Å². The Morgan fingerprint density at radius 1 is 1.22 bits per heavy atom. The number of aromatic nitrogens is 1. The molecule has 3 aromatic rings. The highest BCUT2D eigenvalue weighted by Crippen LogP contribution is 2.27. The summed E-state index contributed by atoms with van der Waals surface area (Å²) in [7, 11) is 1.80. The molecule has 0 aliphatic rings. The number of hydrogen-bond acceptors (Lipinski definition) is 4. The highest BCUT2D eigenvalue weighted by Gasteiger charge is 2.18. The fourth-order valence-electron chi connectivity index (χ4n) is 2.27. The zero-order valence-electron chi connectivity index (χ0n) is 13.3. The van der Waals surface area contributed by atoms with E-state index in [0.29, 0.717) is 11.6 Å². The van der Waals surface area contributed by atoms with E-state index < -0.39 is 0 Å². The number of thiophene rings is 1. The van der Waals surface area contributed by atoms with Gasteiger partial charge in [-0.2, -0.15) is 11.3 Å². The molecule has 23 heavy (non-hydrogen) atoms. The highest BCUT2D eigenvalue weighted by molar-refractivity contribution is 7.14. The maximum Gasteiger partial charge on any atom is 0.277 e. The summed E-state index contributed by atoms with van der Waals surface area (Å²) in [6, 6.07) is 10.1. The molecule has 0 atom stereocenters. The summed E-state index contributed by atoms with van der Waals surface area (Å²) in [6.45, 7) is 4.29. The van der Waals surface area contributed by atoms with Crippen molar-refractivity contribution in [3.63, 3.8) is 0 Å². The van der Waals surface area contributed by atoms with Gasteiger partial charge in [0.05, 0.1) is 0 Å². The molecule has 0 saturated heterocycles. The summed E-state index contributed by atoms with van der Waals surface area (Å²) >= 11 is 3.14. The molecule has 0 aliphatic carbocycles. The lowest BCUT2D eigenvalue weighted by Gasteiger charge is -2.18. The molecule has 3 nitrogen and oxygen atoms in total. The van der Waals surface area contributed by atoms with Gasteiger partial charge in [-0.1, -0.05) is 26.0 Å². The predicted molar refractivity (Wildman–Crippen MR) is 98.7 cm³/mol. The number of rotatable bonds is 4. The van der Waals surface area contributed by atoms with Crippen LogP contribution in [0.25, 0.3) is 10.6 Å². The molecule has 0 aliphatic heterocycles. The third-order valence-electron chi connectivity index (χ3n) is 3.72. The number of thiazole rings is 1. The lowest BCUT2D eigenvalue weighted by molar-refractivity contribution is 0.0989. The van der Waals surface area contributed by atoms with Crippen LogP contribution in [0.3, 0.4) is 0 Å². The summed E-state index contributed by atoms with van der Waals surface area (Å²) in [5, 5.41) is 6.78. The van der Waals surface area contributed by atoms with Crippen LogP contribution in [0.15, 0.2) is 46.5 Å². The molecular formula is C18H18N2OS2. The maximum atomic E-state index is 12.7. The Bertz CT molecular complexity index is 806. The van der Waals surface area contributed by atoms with Gasteiger partial charge in [0.2, 0.25) is 0 Å². The highest BCUT2D eigenvalue weighted by atomic mass is 32.1. The molecule has 2 heterocycles. The average molecular weight is 342 g/mol. The fourth-order valence-corrected chi connectivity index (χ4v) is 3.78. The summed E-state index contributed by atoms with van der Waals surface area (Å²) in [6.07, 6.45) is 0. The van der Waals surface area contributed by atoms with Crippen LogP contribution in [-0.2, 0) is 0 Å². The molecule has 5 heteroatoms. The summed E-state index contributed by atoms with van der Waals surface area (Å²) in [4.78, 5) is 18.8. The van der Waals surface area contributed by atoms with Gasteiger partial charge in [-0.3, -0.25) is 4.79 Å². The zero-order valence-corrected chi connectivity index (χ0v) is 14.9. The minimum atomic E-state index is -0.0800. The molecule has 1 amide bonds. The number of benzene rings is 1. The molecule has 3 rings (SSSR count). The molecule has 2 aromatic heterocycles. The van der Waals surface area contributed by atoms with E-state index in [9.17, 15) is 4.79 Å². The minimum absolute atomic E-state index is 0.0800. The van der Waals surface area contributed by atoms with Gasteiger partial charge in [0, 0.05) is 29.1 Å². The van der Waals surface area contributed by atoms with Crippen LogP contribution in [0, 0.1) is 0 Å². The van der Waals surface area contributed by atoms with E-state index >= 15 is 0 Å². The quantitative estimate of drug-likeness (QED) is 0.647. The van der Waals surface area contributed by atoms with Gasteiger partial charge in [-0.05, 0) is 35.1 Å². The Hall–Kier alpha value is -1.98. The first-order valence-corrected chi connectivity index (χ1v) is 9.24. The Morgan fingerprint density at radius 3 is 2.74 bits per heavy atom. The maximum absolute atomic E-state index is 12.7. The smallest absolute Gasteiger partial charge is 0.277 e. The fraction of sp³-hybridized carbons (Fsp3) is 0.222. The number of anilines is 1. The Morgan fingerprint density at radius 2 is 2.04 bits per heavy atom. The molecule has 118 valence electrons. The van der Waals surface area contributed by atoms with Crippen molar-refractivity contribution in [2.75, 3.05) is 11.9 Å². The summed E-state index contributed by atoms with van der Waals surface area (Å²) < 4.78 is 0. The van der Waals surface area contributed by atoms with Gasteiger partial charge < -0.3 is 4.90 Å². The van der Waals surface area contributed by atoms with Crippen molar-refractivity contribution in [1.29, 1.82) is 0 Å². The Balaban J connectivity index is 1.84. The number of amides is 1. The van der Waals surface area contributed by atoms with E-state index in [-0.39, 0.29) is 5.91 Å². The summed E-state index contributed by atoms with van der Waals surface area (Å²) in [5.41, 5.74) is 3.68. The molecule has 0 N–H and O–H groups in total. The second-order valence-electron chi connectivity index (χ2n) is 5.66. The standard InChI is InChI=1S/C18H18N2OS2/c1-12(2)13-5-4-6-15(9-13)20(3)18(21)16-11-23-17(19-16)14-7-8-22-10-14/h4-12H,1-3H3. The largest absolute Gasteiger partial charge is 0.310 e. The molecule has 0 unspecified atom stereocenters. The van der Waals surface area contributed by atoms with Crippen LogP contribution >= 0.6 is 22.7 Å². The molecule has 1 aromatic carbocycles. The van der Waals surface area contributed by atoms with Crippen LogP contribution in [-0.4, -0.2) is 17.9 Å². The first-order valence-electron chi connectivity index (χ1n) is 7.42. The second-order valence-corrected chi connectivity index (χ2v) is 7.30. The van der Waals surface area contributed by atoms with Crippen molar-refractivity contribution in [3.05, 3.63) is 57.7 Å². The molecule has 0 spiro atoms. The Kier molecular flexibility index (Phi) is 4.59. The van der Waals surface area contributed by atoms with Gasteiger partial charge in [0.15, 0.2) is 0 Å². The third-order valence-corrected chi connectivity index (χ3v) is 5.29. The predicted octanol–water partition coefficient (Wildman–Crippen LogP) is 5.27. The molecule has 0 saturated carbocycles. The van der Waals surface area contributed by atoms with Gasteiger partial charge in [-0.25, -0.2) is 4.98 Å². The van der Waals surface area contributed by atoms with Crippen LogP contribution in [0.4, 0.5) is 5.69 Å². The topological polar surface area (TPSA) is 33.2 Å². The molecule has 0 fully saturated rings. The first-order chi connectivity index (χ1) is 11.1. The molecule has 0 bridgehead atoms. The SMILES string of the molecule is CC(C)c1cccc(N(C)C(=O)c2csc(-c3ccsc3)n2)c1. The van der Waals surface area contributed by atoms with Gasteiger partial charge in [0.1, 0.15) is 10.7 Å². The van der Waals surface area contributed by atoms with Crippen LogP contribution in [0.2, 0.25) is 0 Å². The van der Waals surface area contributed by atoms with E-state index in [1.165, 1.54) is 16.9 Å². The lowest BCUT2D eigenvalue weighted by Crippen LogP contribution is -2.26. The first kappa shape index (κ1) is 15.9. The van der Waals surface area contributed by atoms with Gasteiger partial charge in [-0.15, -0.1) is 11.3 Å². The normalized spacial score (nSPS) is 11.0. The van der Waals surface area contributed by atoms with Crippen molar-refractivity contribution < 1.29 is 4.79 Å². The minimum Gasteiger partial charge on any atom is -0.310 e. The van der Waals surface area contributed by atoms with E-state index in [1.54, 1.807) is 23.3 Å². The van der Waals surface area contributed by atoms with Crippen molar-refractivity contribution in [1.82, 2.24) is 4.98 Å². The number of carbonyl (C=O) groups excluding carboxylic acids is 1. The average Bonchev–Trinajstić information content (AvgIpc) is 3.24. The number of hydrogen-bond donors (Lipinski definition) is 0. The molecular weight excluding hydrogens is 324 g/mol. The lowest BCUT2D eigenvalue weighted by atomic mass is 10.0.